The van der Waals surface area contributed by atoms with Crippen molar-refractivity contribution in [2.45, 2.75) is 79.0 Å². The Morgan fingerprint density at radius 1 is 1.12 bits per heavy atom. The minimum absolute atomic E-state index is 0.195. The highest BCUT2D eigenvalue weighted by Gasteiger charge is 2.38. The van der Waals surface area contributed by atoms with Crippen LogP contribution >= 0.6 is 0 Å². The molecule has 0 aliphatic heterocycles. The lowest BCUT2D eigenvalue weighted by Gasteiger charge is -2.36. The van der Waals surface area contributed by atoms with Crippen molar-refractivity contribution >= 4 is 12.0 Å². The molecule has 1 aromatic carbocycles. The number of benzene rings is 1. The fourth-order valence-corrected chi connectivity index (χ4v) is 3.30. The molecule has 1 rings (SSSR count). The Morgan fingerprint density at radius 3 is 2.30 bits per heavy atom. The van der Waals surface area contributed by atoms with Crippen LogP contribution in [-0.2, 0) is 16.1 Å². The van der Waals surface area contributed by atoms with Crippen LogP contribution < -0.4 is 14.8 Å². The summed E-state index contributed by atoms with van der Waals surface area (Å²) in [5.41, 5.74) is -0.510. The Bertz CT molecular complexity index is 798. The van der Waals surface area contributed by atoms with Crippen molar-refractivity contribution in [3.05, 3.63) is 36.4 Å². The highest BCUT2D eigenvalue weighted by molar-refractivity contribution is 5.87. The summed E-state index contributed by atoms with van der Waals surface area (Å²) in [6, 6.07) is 4.70. The summed E-state index contributed by atoms with van der Waals surface area (Å²) in [5.74, 6) is 1.12. The summed E-state index contributed by atoms with van der Waals surface area (Å²) in [7, 11) is 3.19. The second-order valence-corrected chi connectivity index (χ2v) is 9.75. The van der Waals surface area contributed by atoms with Gasteiger partial charge in [0, 0.05) is 30.1 Å². The van der Waals surface area contributed by atoms with E-state index in [1.807, 2.05) is 26.0 Å². The smallest absolute Gasteiger partial charge is 0.408 e. The average molecular weight is 463 g/mol. The fourth-order valence-electron chi connectivity index (χ4n) is 3.30. The van der Waals surface area contributed by atoms with E-state index in [0.29, 0.717) is 24.6 Å². The van der Waals surface area contributed by atoms with E-state index in [0.717, 1.165) is 24.8 Å². The van der Waals surface area contributed by atoms with Crippen LogP contribution in [-0.4, -0.2) is 49.3 Å². The summed E-state index contributed by atoms with van der Waals surface area (Å²) in [6.07, 6.45) is 3.94. The zero-order valence-corrected chi connectivity index (χ0v) is 21.6. The van der Waals surface area contributed by atoms with E-state index >= 15 is 0 Å². The third-order valence-corrected chi connectivity index (χ3v) is 5.38. The predicted molar refractivity (Wildman–Crippen MR) is 132 cm³/mol. The molecule has 0 saturated heterocycles. The van der Waals surface area contributed by atoms with Gasteiger partial charge in [-0.3, -0.25) is 4.79 Å². The van der Waals surface area contributed by atoms with Crippen LogP contribution in [0.15, 0.2) is 30.9 Å². The standard InChI is InChI=1S/C26H42N2O5/c1-10-12-13-16-28(18-19-14-15-20(31-8)17-21(19)32-9)23(29)22(26(6,7)11-2)27-24(30)33-25(3,4)5/h11,14-15,17,22H,2,10,12-13,16,18H2,1,3-9H3,(H,27,30). The van der Waals surface area contributed by atoms with Crippen LogP contribution in [0, 0.1) is 5.41 Å². The first kappa shape index (κ1) is 28.3. The summed E-state index contributed by atoms with van der Waals surface area (Å²) in [6.45, 7) is 16.0. The van der Waals surface area contributed by atoms with Gasteiger partial charge >= 0.3 is 6.09 Å². The topological polar surface area (TPSA) is 77.1 Å². The van der Waals surface area contributed by atoms with Gasteiger partial charge in [0.25, 0.3) is 0 Å². The maximum absolute atomic E-state index is 13.8. The van der Waals surface area contributed by atoms with Gasteiger partial charge < -0.3 is 24.4 Å². The molecule has 0 aliphatic carbocycles. The number of unbranched alkanes of at least 4 members (excludes halogenated alkanes) is 2. The molecule has 33 heavy (non-hydrogen) atoms. The molecule has 0 saturated carbocycles. The number of nitrogens with zero attached hydrogens (tertiary/aromatic N) is 1. The lowest BCUT2D eigenvalue weighted by atomic mass is 9.83. The molecule has 2 amide bonds. The molecule has 1 unspecified atom stereocenters. The van der Waals surface area contributed by atoms with Gasteiger partial charge in [-0.05, 0) is 39.3 Å². The first-order chi connectivity index (χ1) is 15.4. The highest BCUT2D eigenvalue weighted by atomic mass is 16.6. The molecule has 0 aromatic heterocycles. The Morgan fingerprint density at radius 2 is 1.79 bits per heavy atom. The molecule has 0 aliphatic rings. The van der Waals surface area contributed by atoms with Gasteiger partial charge in [0.2, 0.25) is 5.91 Å². The van der Waals surface area contributed by atoms with E-state index in [1.165, 1.54) is 0 Å². The van der Waals surface area contributed by atoms with Gasteiger partial charge in [-0.2, -0.15) is 0 Å². The van der Waals surface area contributed by atoms with Gasteiger partial charge in [-0.1, -0.05) is 39.7 Å². The lowest BCUT2D eigenvalue weighted by molar-refractivity contribution is -0.136. The van der Waals surface area contributed by atoms with Gasteiger partial charge in [0.05, 0.1) is 14.2 Å². The third kappa shape index (κ3) is 8.98. The van der Waals surface area contributed by atoms with Crippen molar-refractivity contribution in [1.82, 2.24) is 10.2 Å². The van der Waals surface area contributed by atoms with E-state index < -0.39 is 23.2 Å². The van der Waals surface area contributed by atoms with Gasteiger partial charge in [-0.25, -0.2) is 4.79 Å². The van der Waals surface area contributed by atoms with E-state index in [-0.39, 0.29) is 5.91 Å². The normalized spacial score (nSPS) is 12.5. The van der Waals surface area contributed by atoms with E-state index in [1.54, 1.807) is 52.0 Å². The van der Waals surface area contributed by atoms with Crippen molar-refractivity contribution in [3.63, 3.8) is 0 Å². The predicted octanol–water partition coefficient (Wildman–Crippen LogP) is 5.33. The van der Waals surface area contributed by atoms with Gasteiger partial charge in [-0.15, -0.1) is 6.58 Å². The SMILES string of the molecule is C=CC(C)(C)C(NC(=O)OC(C)(C)C)C(=O)N(CCCCC)Cc1ccc(OC)cc1OC. The van der Waals surface area contributed by atoms with Crippen LogP contribution in [0.3, 0.4) is 0 Å². The molecular formula is C26H42N2O5. The minimum atomic E-state index is -0.837. The zero-order valence-electron chi connectivity index (χ0n) is 21.6. The number of carbonyl (C=O) groups is 2. The Balaban J connectivity index is 3.28. The molecule has 0 fully saturated rings. The molecule has 0 heterocycles. The molecular weight excluding hydrogens is 420 g/mol. The summed E-state index contributed by atoms with van der Waals surface area (Å²) >= 11 is 0. The Kier molecular flexibility index (Phi) is 10.7. The molecule has 7 nitrogen and oxygen atoms in total. The number of carbonyl (C=O) groups excluding carboxylic acids is 2. The number of rotatable bonds is 12. The first-order valence-electron chi connectivity index (χ1n) is 11.5. The van der Waals surface area contributed by atoms with E-state index in [2.05, 4.69) is 18.8 Å². The number of hydrogen-bond acceptors (Lipinski definition) is 5. The highest BCUT2D eigenvalue weighted by Crippen LogP contribution is 2.28. The molecule has 1 aromatic rings. The average Bonchev–Trinajstić information content (AvgIpc) is 2.75. The molecule has 7 heteroatoms. The van der Waals surface area contributed by atoms with Crippen LogP contribution in [0.4, 0.5) is 4.79 Å². The van der Waals surface area contributed by atoms with Crippen molar-refractivity contribution in [2.24, 2.45) is 5.41 Å². The number of ether oxygens (including phenoxy) is 3. The largest absolute Gasteiger partial charge is 0.497 e. The molecule has 0 spiro atoms. The molecule has 1 N–H and O–H groups in total. The van der Waals surface area contributed by atoms with E-state index in [9.17, 15) is 9.59 Å². The fraction of sp³-hybridized carbons (Fsp3) is 0.615. The van der Waals surface area contributed by atoms with Crippen molar-refractivity contribution in [3.8, 4) is 11.5 Å². The first-order valence-corrected chi connectivity index (χ1v) is 11.5. The minimum Gasteiger partial charge on any atom is -0.497 e. The molecule has 0 radical (unpaired) electrons. The lowest BCUT2D eigenvalue weighted by Crippen LogP contribution is -2.55. The van der Waals surface area contributed by atoms with Crippen LogP contribution in [0.5, 0.6) is 11.5 Å². The third-order valence-electron chi connectivity index (χ3n) is 5.38. The number of amides is 2. The van der Waals surface area contributed by atoms with Crippen molar-refractivity contribution in [2.75, 3.05) is 20.8 Å². The molecule has 186 valence electrons. The van der Waals surface area contributed by atoms with Crippen LogP contribution in [0.25, 0.3) is 0 Å². The maximum atomic E-state index is 13.8. The monoisotopic (exact) mass is 462 g/mol. The van der Waals surface area contributed by atoms with Crippen molar-refractivity contribution < 1.29 is 23.8 Å². The van der Waals surface area contributed by atoms with Gasteiger partial charge in [0.1, 0.15) is 23.1 Å². The van der Waals surface area contributed by atoms with Crippen LogP contribution in [0.1, 0.15) is 66.4 Å². The van der Waals surface area contributed by atoms with Crippen LogP contribution in [0.2, 0.25) is 0 Å². The summed E-state index contributed by atoms with van der Waals surface area (Å²) < 4.78 is 16.3. The molecule has 1 atom stereocenters. The van der Waals surface area contributed by atoms with E-state index in [4.69, 9.17) is 14.2 Å². The second kappa shape index (κ2) is 12.5. The number of methoxy groups -OCH3 is 2. The van der Waals surface area contributed by atoms with Gasteiger partial charge in [0.15, 0.2) is 0 Å². The second-order valence-electron chi connectivity index (χ2n) is 9.75. The maximum Gasteiger partial charge on any atom is 0.408 e. The summed E-state index contributed by atoms with van der Waals surface area (Å²) in [5, 5.41) is 2.79. The zero-order chi connectivity index (χ0) is 25.2. The number of hydrogen-bond donors (Lipinski definition) is 1. The number of nitrogens with one attached hydrogen (secondary N) is 1. The Labute approximate surface area is 199 Å². The quantitative estimate of drug-likeness (QED) is 0.336. The Hall–Kier alpha value is -2.70. The summed E-state index contributed by atoms with van der Waals surface area (Å²) in [4.78, 5) is 28.2. The van der Waals surface area contributed by atoms with Crippen molar-refractivity contribution in [1.29, 1.82) is 0 Å². The molecule has 0 bridgehead atoms. The number of alkyl carbamates (subject to hydrolysis) is 1.